The predicted molar refractivity (Wildman–Crippen MR) is 158 cm³/mol. The van der Waals surface area contributed by atoms with Crippen molar-refractivity contribution in [3.05, 3.63) is 66.4 Å². The Morgan fingerprint density at radius 3 is 2.22 bits per heavy atom. The Balaban J connectivity index is 0. The van der Waals surface area contributed by atoms with Crippen LogP contribution >= 0.6 is 11.6 Å². The number of nitrogens with zero attached hydrogens (tertiary/aromatic N) is 2. The third-order valence-corrected chi connectivity index (χ3v) is 5.31. The third kappa shape index (κ3) is 13.1. The summed E-state index contributed by atoms with van der Waals surface area (Å²) in [6.45, 7) is 17.9. The Hall–Kier alpha value is -2.38. The Bertz CT molecular complexity index is 872. The molecule has 1 saturated heterocycles. The van der Waals surface area contributed by atoms with Crippen LogP contribution in [0.4, 0.5) is 0 Å². The molecule has 0 atom stereocenters. The fourth-order valence-corrected chi connectivity index (χ4v) is 3.54. The normalized spacial score (nSPS) is 12.9. The number of allylic oxidation sites excluding steroid dienone is 5. The average Bonchev–Trinajstić information content (AvgIpc) is 3.18. The van der Waals surface area contributed by atoms with Crippen LogP contribution in [-0.4, -0.2) is 76.7 Å². The van der Waals surface area contributed by atoms with Crippen molar-refractivity contribution < 1.29 is 14.3 Å². The number of alkyl halides is 1. The number of fused-ring (bicyclic) bond motifs is 1. The molecular formula is C29H48ClN3O3. The first-order valence-electron chi connectivity index (χ1n) is 12.2. The third-order valence-electron chi connectivity index (χ3n) is 5.31. The minimum Gasteiger partial charge on any atom is -0.495 e. The molecule has 2 aromatic rings. The van der Waals surface area contributed by atoms with Crippen LogP contribution in [0.1, 0.15) is 24.6 Å². The maximum Gasteiger partial charge on any atom is 0.143 e. The SMILES string of the molecule is C=C/C=C\C=C\CC.C=O.CCl.CNC.COc1cccc2c(C)c(C)n(CCN3CCOCC3)c12. The van der Waals surface area contributed by atoms with E-state index in [-0.39, 0.29) is 0 Å². The van der Waals surface area contributed by atoms with Crippen molar-refractivity contribution in [1.29, 1.82) is 0 Å². The molecule has 0 spiro atoms. The Kier molecular flexibility index (Phi) is 24.2. The number of nitrogens with one attached hydrogen (secondary N) is 1. The van der Waals surface area contributed by atoms with Gasteiger partial charge in [0.25, 0.3) is 0 Å². The summed E-state index contributed by atoms with van der Waals surface area (Å²) in [5.41, 5.74) is 3.91. The van der Waals surface area contributed by atoms with Crippen molar-refractivity contribution in [2.24, 2.45) is 0 Å². The molecule has 0 unspecified atom stereocenters. The topological polar surface area (TPSA) is 55.7 Å². The summed E-state index contributed by atoms with van der Waals surface area (Å²) >= 11 is 4.64. The summed E-state index contributed by atoms with van der Waals surface area (Å²) in [7, 11) is 5.50. The molecule has 1 aliphatic rings. The minimum absolute atomic E-state index is 0.855. The van der Waals surface area contributed by atoms with E-state index in [0.717, 1.165) is 51.6 Å². The smallest absolute Gasteiger partial charge is 0.143 e. The lowest BCUT2D eigenvalue weighted by atomic mass is 10.1. The predicted octanol–water partition coefficient (Wildman–Crippen LogP) is 5.80. The Morgan fingerprint density at radius 2 is 1.69 bits per heavy atom. The first kappa shape index (κ1) is 35.8. The standard InChI is InChI=1S/C17H24N2O2.C8H12.C2H7N.CH3Cl.CH2O/c1-13-14(2)19(8-7-18-9-11-21-12-10-18)17-15(13)5-4-6-16(17)20-3;1-3-5-7-8-6-4-2;1-3-2;2*1-2/h4-6H,7-12H2,1-3H3;3,5-8H,1,4H2,2H3;3H,1-2H3;1H3;1H2/b;7-5-,8-6+;;;. The summed E-state index contributed by atoms with van der Waals surface area (Å²) in [6, 6.07) is 6.30. The van der Waals surface area contributed by atoms with Gasteiger partial charge in [-0.15, -0.1) is 11.6 Å². The molecule has 3 rings (SSSR count). The number of carbonyl (C=O) groups excluding carboxylic acids is 1. The monoisotopic (exact) mass is 521 g/mol. The van der Waals surface area contributed by atoms with E-state index in [1.54, 1.807) is 13.2 Å². The van der Waals surface area contributed by atoms with Gasteiger partial charge in [0.1, 0.15) is 12.5 Å². The fourth-order valence-electron chi connectivity index (χ4n) is 3.54. The van der Waals surface area contributed by atoms with E-state index in [9.17, 15) is 0 Å². The van der Waals surface area contributed by atoms with Gasteiger partial charge in [-0.2, -0.15) is 0 Å². The second-order valence-electron chi connectivity index (χ2n) is 7.63. The van der Waals surface area contributed by atoms with Crippen LogP contribution in [0.2, 0.25) is 0 Å². The number of aromatic nitrogens is 1. The molecule has 1 aromatic carbocycles. The minimum atomic E-state index is 0.855. The molecule has 0 amide bonds. The molecule has 7 heteroatoms. The number of methoxy groups -OCH3 is 1. The van der Waals surface area contributed by atoms with Gasteiger partial charge in [0.05, 0.1) is 25.8 Å². The van der Waals surface area contributed by atoms with E-state index < -0.39 is 0 Å². The number of aryl methyl sites for hydroxylation is 1. The zero-order valence-electron chi connectivity index (χ0n) is 23.5. The van der Waals surface area contributed by atoms with Gasteiger partial charge in [-0.3, -0.25) is 4.90 Å². The number of benzene rings is 1. The van der Waals surface area contributed by atoms with Crippen molar-refractivity contribution in [3.8, 4) is 5.75 Å². The number of rotatable bonds is 7. The van der Waals surface area contributed by atoms with Crippen molar-refractivity contribution in [2.45, 2.75) is 33.7 Å². The maximum atomic E-state index is 8.00. The number of halogens is 1. The van der Waals surface area contributed by atoms with Gasteiger partial charge in [0.2, 0.25) is 0 Å². The lowest BCUT2D eigenvalue weighted by Crippen LogP contribution is -2.38. The van der Waals surface area contributed by atoms with Crippen LogP contribution in [0.5, 0.6) is 5.75 Å². The number of hydrogen-bond donors (Lipinski definition) is 1. The van der Waals surface area contributed by atoms with Gasteiger partial charge in [0.15, 0.2) is 0 Å². The molecule has 1 aliphatic heterocycles. The molecule has 2 heterocycles. The van der Waals surface area contributed by atoms with Gasteiger partial charge in [-0.05, 0) is 46.0 Å². The van der Waals surface area contributed by atoms with E-state index in [2.05, 4.69) is 71.9 Å². The second kappa shape index (κ2) is 24.3. The molecular weight excluding hydrogens is 474 g/mol. The first-order chi connectivity index (χ1) is 17.5. The van der Waals surface area contributed by atoms with E-state index in [0.29, 0.717) is 0 Å². The maximum absolute atomic E-state index is 8.00. The quantitative estimate of drug-likeness (QED) is 0.368. The molecule has 0 aliphatic carbocycles. The fraction of sp³-hybridized carbons (Fsp3) is 0.483. The van der Waals surface area contributed by atoms with Crippen LogP contribution in [0.15, 0.2) is 55.2 Å². The highest BCUT2D eigenvalue weighted by Gasteiger charge is 2.16. The Labute approximate surface area is 224 Å². The average molecular weight is 522 g/mol. The largest absolute Gasteiger partial charge is 0.495 e. The molecule has 6 nitrogen and oxygen atoms in total. The van der Waals surface area contributed by atoms with E-state index in [4.69, 9.17) is 14.3 Å². The van der Waals surface area contributed by atoms with Gasteiger partial charge >= 0.3 is 0 Å². The lowest BCUT2D eigenvalue weighted by molar-refractivity contribution is -0.0979. The zero-order valence-corrected chi connectivity index (χ0v) is 24.2. The molecule has 0 saturated carbocycles. The number of ether oxygens (including phenoxy) is 2. The Morgan fingerprint density at radius 1 is 1.08 bits per heavy atom. The van der Waals surface area contributed by atoms with Crippen molar-refractivity contribution in [3.63, 3.8) is 0 Å². The molecule has 36 heavy (non-hydrogen) atoms. The summed E-state index contributed by atoms with van der Waals surface area (Å²) in [4.78, 5) is 10.5. The summed E-state index contributed by atoms with van der Waals surface area (Å²) in [6.07, 6.45) is 12.3. The van der Waals surface area contributed by atoms with Gasteiger partial charge in [-0.25, -0.2) is 0 Å². The highest BCUT2D eigenvalue weighted by Crippen LogP contribution is 2.32. The lowest BCUT2D eigenvalue weighted by Gasteiger charge is -2.27. The highest BCUT2D eigenvalue weighted by atomic mass is 35.5. The second-order valence-corrected chi connectivity index (χ2v) is 7.63. The number of para-hydroxylation sites is 1. The van der Waals surface area contributed by atoms with Crippen LogP contribution in [0.25, 0.3) is 10.9 Å². The molecule has 204 valence electrons. The van der Waals surface area contributed by atoms with E-state index >= 15 is 0 Å². The van der Waals surface area contributed by atoms with E-state index in [1.165, 1.54) is 28.5 Å². The highest BCUT2D eigenvalue weighted by molar-refractivity contribution is 6.15. The van der Waals surface area contributed by atoms with Gasteiger partial charge < -0.3 is 24.2 Å². The van der Waals surface area contributed by atoms with Crippen LogP contribution < -0.4 is 10.1 Å². The molecule has 0 bridgehead atoms. The van der Waals surface area contributed by atoms with Crippen LogP contribution in [0, 0.1) is 13.8 Å². The molecule has 0 radical (unpaired) electrons. The van der Waals surface area contributed by atoms with E-state index in [1.807, 2.05) is 45.2 Å². The van der Waals surface area contributed by atoms with Gasteiger partial charge in [-0.1, -0.05) is 56.0 Å². The van der Waals surface area contributed by atoms with Crippen LogP contribution in [-0.2, 0) is 16.1 Å². The summed E-state index contributed by atoms with van der Waals surface area (Å²) in [5.74, 6) is 0.964. The van der Waals surface area contributed by atoms with Gasteiger partial charge in [0, 0.05) is 43.6 Å². The number of hydrogen-bond acceptors (Lipinski definition) is 5. The van der Waals surface area contributed by atoms with Crippen molar-refractivity contribution in [2.75, 3.05) is 60.4 Å². The number of morpholine rings is 1. The van der Waals surface area contributed by atoms with Crippen LogP contribution in [0.3, 0.4) is 0 Å². The molecule has 1 aromatic heterocycles. The summed E-state index contributed by atoms with van der Waals surface area (Å²) < 4.78 is 13.4. The van der Waals surface area contributed by atoms with Crippen molar-refractivity contribution in [1.82, 2.24) is 14.8 Å². The number of carbonyl (C=O) groups is 1. The summed E-state index contributed by atoms with van der Waals surface area (Å²) in [5, 5.41) is 4.05. The van der Waals surface area contributed by atoms with Crippen molar-refractivity contribution >= 4 is 29.3 Å². The zero-order chi connectivity index (χ0) is 27.8. The first-order valence-corrected chi connectivity index (χ1v) is 12.9. The molecule has 1 fully saturated rings. The molecule has 1 N–H and O–H groups in total.